The van der Waals surface area contributed by atoms with Crippen LogP contribution in [0.5, 0.6) is 5.75 Å². The van der Waals surface area contributed by atoms with E-state index in [-0.39, 0.29) is 24.0 Å². The quantitative estimate of drug-likeness (QED) is 0.475. The second-order valence-corrected chi connectivity index (χ2v) is 9.46. The van der Waals surface area contributed by atoms with Gasteiger partial charge in [0.05, 0.1) is 18.2 Å². The van der Waals surface area contributed by atoms with Crippen LogP contribution in [0.1, 0.15) is 64.8 Å². The van der Waals surface area contributed by atoms with Crippen molar-refractivity contribution in [3.05, 3.63) is 64.2 Å². The number of likely N-dealkylation sites (tertiary alicyclic amines) is 2. The SMILES string of the molecule is Cc1c(OCCCC#N)ccc(C(C)N2C[C@@H]3C[C@H]2CN3C(=O)c2ccc(C(F)(F)F)cc2)c1C. The van der Waals surface area contributed by atoms with Crippen LogP contribution in [-0.2, 0) is 6.18 Å². The molecule has 186 valence electrons. The second kappa shape index (κ2) is 9.90. The second-order valence-electron chi connectivity index (χ2n) is 9.46. The van der Waals surface area contributed by atoms with E-state index in [0.29, 0.717) is 31.6 Å². The number of carbonyl (C=O) groups excluding carboxylic acids is 1. The largest absolute Gasteiger partial charge is 0.493 e. The minimum absolute atomic E-state index is 0.0568. The predicted octanol–water partition coefficient (Wildman–Crippen LogP) is 5.66. The first-order valence-electron chi connectivity index (χ1n) is 12.0. The van der Waals surface area contributed by atoms with Crippen LogP contribution in [0.4, 0.5) is 13.2 Å². The van der Waals surface area contributed by atoms with Crippen LogP contribution >= 0.6 is 0 Å². The van der Waals surface area contributed by atoms with Crippen molar-refractivity contribution < 1.29 is 22.7 Å². The van der Waals surface area contributed by atoms with E-state index < -0.39 is 11.7 Å². The van der Waals surface area contributed by atoms with Crippen LogP contribution in [0.3, 0.4) is 0 Å². The van der Waals surface area contributed by atoms with Gasteiger partial charge in [0.1, 0.15) is 5.75 Å². The molecule has 5 nitrogen and oxygen atoms in total. The molecule has 4 rings (SSSR count). The third kappa shape index (κ3) is 5.01. The first kappa shape index (κ1) is 25.1. The molecule has 2 aromatic rings. The number of carbonyl (C=O) groups is 1. The maximum atomic E-state index is 13.0. The lowest BCUT2D eigenvalue weighted by Gasteiger charge is -2.38. The number of halogens is 3. The zero-order valence-electron chi connectivity index (χ0n) is 20.2. The minimum atomic E-state index is -4.41. The Hall–Kier alpha value is -3.05. The summed E-state index contributed by atoms with van der Waals surface area (Å²) in [5.74, 6) is 0.635. The first-order chi connectivity index (χ1) is 16.6. The maximum absolute atomic E-state index is 13.0. The van der Waals surface area contributed by atoms with Gasteiger partial charge in [-0.15, -0.1) is 0 Å². The van der Waals surface area contributed by atoms with Gasteiger partial charge in [0.25, 0.3) is 5.91 Å². The summed E-state index contributed by atoms with van der Waals surface area (Å²) in [6.07, 6.45) is -2.37. The Balaban J connectivity index is 1.41. The molecule has 0 radical (unpaired) electrons. The number of alkyl halides is 3. The van der Waals surface area contributed by atoms with Gasteiger partial charge < -0.3 is 9.64 Å². The Morgan fingerprint density at radius 3 is 2.43 bits per heavy atom. The van der Waals surface area contributed by atoms with E-state index in [1.165, 1.54) is 23.3 Å². The van der Waals surface area contributed by atoms with Gasteiger partial charge in [-0.05, 0) is 80.6 Å². The first-order valence-corrected chi connectivity index (χ1v) is 12.0. The van der Waals surface area contributed by atoms with Crippen molar-refractivity contribution >= 4 is 5.91 Å². The van der Waals surface area contributed by atoms with Gasteiger partial charge in [0.2, 0.25) is 0 Å². The Bertz CT molecular complexity index is 1120. The average Bonchev–Trinajstić information content (AvgIpc) is 3.44. The number of fused-ring (bicyclic) bond motifs is 2. The highest BCUT2D eigenvalue weighted by Crippen LogP contribution is 2.39. The molecule has 0 aromatic heterocycles. The van der Waals surface area contributed by atoms with E-state index in [1.807, 2.05) is 17.9 Å². The monoisotopic (exact) mass is 485 g/mol. The number of nitrogens with zero attached hydrogens (tertiary/aromatic N) is 3. The number of hydrogen-bond donors (Lipinski definition) is 0. The normalized spacial score (nSPS) is 20.7. The highest BCUT2D eigenvalue weighted by Gasteiger charge is 2.47. The summed E-state index contributed by atoms with van der Waals surface area (Å²) in [6, 6.07) is 11.1. The maximum Gasteiger partial charge on any atom is 0.416 e. The van der Waals surface area contributed by atoms with E-state index in [1.54, 1.807) is 0 Å². The van der Waals surface area contributed by atoms with Crippen molar-refractivity contribution in [3.63, 3.8) is 0 Å². The Kier molecular flexibility index (Phi) is 7.09. The topological polar surface area (TPSA) is 56.6 Å². The lowest BCUT2D eigenvalue weighted by atomic mass is 9.96. The number of benzene rings is 2. The van der Waals surface area contributed by atoms with Crippen molar-refractivity contribution in [1.29, 1.82) is 5.26 Å². The fourth-order valence-electron chi connectivity index (χ4n) is 5.33. The molecule has 35 heavy (non-hydrogen) atoms. The summed E-state index contributed by atoms with van der Waals surface area (Å²) in [5, 5.41) is 8.68. The van der Waals surface area contributed by atoms with Gasteiger partial charge >= 0.3 is 6.18 Å². The van der Waals surface area contributed by atoms with Gasteiger partial charge in [0, 0.05) is 43.2 Å². The van der Waals surface area contributed by atoms with Crippen LogP contribution in [0.25, 0.3) is 0 Å². The molecule has 0 N–H and O–H groups in total. The van der Waals surface area contributed by atoms with E-state index in [2.05, 4.69) is 30.9 Å². The van der Waals surface area contributed by atoms with E-state index >= 15 is 0 Å². The zero-order chi connectivity index (χ0) is 25.3. The van der Waals surface area contributed by atoms with Crippen LogP contribution in [0, 0.1) is 25.2 Å². The van der Waals surface area contributed by atoms with Gasteiger partial charge in [0.15, 0.2) is 0 Å². The lowest BCUT2D eigenvalue weighted by molar-refractivity contribution is -0.137. The minimum Gasteiger partial charge on any atom is -0.493 e. The molecule has 2 fully saturated rings. The molecule has 8 heteroatoms. The van der Waals surface area contributed by atoms with E-state index in [0.717, 1.165) is 36.4 Å². The molecule has 1 unspecified atom stereocenters. The van der Waals surface area contributed by atoms with Crippen molar-refractivity contribution in [2.24, 2.45) is 0 Å². The van der Waals surface area contributed by atoms with Crippen LogP contribution in [0.2, 0.25) is 0 Å². The fraction of sp³-hybridized carbons (Fsp3) is 0.481. The standard InChI is InChI=1S/C27H30F3N3O2/c1-17-18(2)25(35-13-5-4-12-31)11-10-24(17)19(3)32-15-23-14-22(32)16-33(23)26(34)20-6-8-21(9-7-20)27(28,29)30/h6-11,19,22-23H,4-5,13-16H2,1-3H3/t19?,22-,23-/m0/s1. The number of piperazine rings is 1. The molecule has 2 aromatic carbocycles. The molecular formula is C27H30F3N3O2. The molecule has 1 amide bonds. The molecule has 2 aliphatic rings. The van der Waals surface area contributed by atoms with Crippen molar-refractivity contribution in [3.8, 4) is 11.8 Å². The number of ether oxygens (including phenoxy) is 1. The van der Waals surface area contributed by atoms with Gasteiger partial charge in [-0.3, -0.25) is 9.69 Å². The Morgan fingerprint density at radius 2 is 1.83 bits per heavy atom. The number of nitriles is 1. The molecule has 2 aliphatic heterocycles. The summed E-state index contributed by atoms with van der Waals surface area (Å²) in [7, 11) is 0. The fourth-order valence-corrected chi connectivity index (χ4v) is 5.33. The molecular weight excluding hydrogens is 455 g/mol. The Morgan fingerprint density at radius 1 is 1.11 bits per heavy atom. The van der Waals surface area contributed by atoms with Crippen LogP contribution in [0.15, 0.2) is 36.4 Å². The van der Waals surface area contributed by atoms with Crippen molar-refractivity contribution in [2.75, 3.05) is 19.7 Å². The van der Waals surface area contributed by atoms with Gasteiger partial charge in [-0.1, -0.05) is 6.07 Å². The number of hydrogen-bond acceptors (Lipinski definition) is 4. The summed E-state index contributed by atoms with van der Waals surface area (Å²) >= 11 is 0. The highest BCUT2D eigenvalue weighted by atomic mass is 19.4. The highest BCUT2D eigenvalue weighted by molar-refractivity contribution is 5.94. The summed E-state index contributed by atoms with van der Waals surface area (Å²) < 4.78 is 44.4. The number of amides is 1. The van der Waals surface area contributed by atoms with E-state index in [4.69, 9.17) is 10.00 Å². The van der Waals surface area contributed by atoms with Crippen molar-refractivity contribution in [2.45, 2.75) is 64.3 Å². The summed E-state index contributed by atoms with van der Waals surface area (Å²) in [6.45, 7) is 8.15. The average molecular weight is 486 g/mol. The number of unbranched alkanes of at least 4 members (excludes halogenated alkanes) is 1. The molecule has 2 saturated heterocycles. The molecule has 2 heterocycles. The van der Waals surface area contributed by atoms with Crippen molar-refractivity contribution in [1.82, 2.24) is 9.80 Å². The van der Waals surface area contributed by atoms with E-state index in [9.17, 15) is 18.0 Å². The third-order valence-corrected chi connectivity index (χ3v) is 7.42. The van der Waals surface area contributed by atoms with Crippen LogP contribution < -0.4 is 4.74 Å². The molecule has 3 atom stereocenters. The lowest BCUT2D eigenvalue weighted by Crippen LogP contribution is -2.49. The molecule has 0 saturated carbocycles. The molecule has 2 bridgehead atoms. The molecule has 0 aliphatic carbocycles. The van der Waals surface area contributed by atoms with Crippen LogP contribution in [-0.4, -0.2) is 47.5 Å². The summed E-state index contributed by atoms with van der Waals surface area (Å²) in [4.78, 5) is 17.2. The number of rotatable bonds is 7. The summed E-state index contributed by atoms with van der Waals surface area (Å²) in [5.41, 5.74) is 3.04. The zero-order valence-corrected chi connectivity index (χ0v) is 20.2. The Labute approximate surface area is 204 Å². The third-order valence-electron chi connectivity index (χ3n) is 7.42. The molecule has 0 spiro atoms. The predicted molar refractivity (Wildman–Crippen MR) is 126 cm³/mol. The van der Waals surface area contributed by atoms with Gasteiger partial charge in [-0.2, -0.15) is 18.4 Å². The van der Waals surface area contributed by atoms with Gasteiger partial charge in [-0.25, -0.2) is 0 Å². The smallest absolute Gasteiger partial charge is 0.416 e.